The second kappa shape index (κ2) is 5.54. The molecule has 0 radical (unpaired) electrons. The molecule has 0 bridgehead atoms. The smallest absolute Gasteiger partial charge is 0.187 e. The molecule has 1 aromatic heterocycles. The van der Waals surface area contributed by atoms with Gasteiger partial charge in [0.05, 0.1) is 5.69 Å². The molecule has 0 unspecified atom stereocenters. The fourth-order valence-electron chi connectivity index (χ4n) is 1.67. The zero-order valence-electron chi connectivity index (χ0n) is 10.1. The maximum atomic E-state index is 5.87. The molecule has 3 nitrogen and oxygen atoms in total. The molecule has 3 rings (SSSR count). The molecule has 0 amide bonds. The van der Waals surface area contributed by atoms with Gasteiger partial charge >= 0.3 is 0 Å². The number of nitrogens with zero attached hydrogens (tertiary/aromatic N) is 1. The number of rotatable bonds is 4. The van der Waals surface area contributed by atoms with Crippen molar-refractivity contribution in [3.8, 4) is 11.5 Å². The van der Waals surface area contributed by atoms with Crippen molar-refractivity contribution in [3.05, 3.63) is 66.2 Å². The van der Waals surface area contributed by atoms with Crippen LogP contribution in [-0.2, 0) is 0 Å². The fraction of sp³-hybridized carbons (Fsp3) is 0. The van der Waals surface area contributed by atoms with Crippen LogP contribution in [0.1, 0.15) is 0 Å². The number of benzene rings is 2. The summed E-state index contributed by atoms with van der Waals surface area (Å²) in [6, 6.07) is 17.5. The maximum Gasteiger partial charge on any atom is 0.187 e. The van der Waals surface area contributed by atoms with Crippen LogP contribution < -0.4 is 10.1 Å². The van der Waals surface area contributed by atoms with Crippen molar-refractivity contribution in [1.29, 1.82) is 0 Å². The second-order valence-corrected chi connectivity index (χ2v) is 4.77. The average Bonchev–Trinajstić information content (AvgIpc) is 2.95. The third-order valence-electron chi connectivity index (χ3n) is 2.53. The predicted octanol–water partition coefficient (Wildman–Crippen LogP) is 4.68. The van der Waals surface area contributed by atoms with Crippen LogP contribution in [0.4, 0.5) is 10.8 Å². The predicted molar refractivity (Wildman–Crippen MR) is 78.4 cm³/mol. The summed E-state index contributed by atoms with van der Waals surface area (Å²) in [5.41, 5.74) is 0.904. The quantitative estimate of drug-likeness (QED) is 0.746. The first-order valence-corrected chi connectivity index (χ1v) is 6.78. The van der Waals surface area contributed by atoms with E-state index in [4.69, 9.17) is 4.74 Å². The van der Waals surface area contributed by atoms with E-state index in [0.29, 0.717) is 0 Å². The summed E-state index contributed by atoms with van der Waals surface area (Å²) in [4.78, 5) is 4.21. The Labute approximate surface area is 115 Å². The summed E-state index contributed by atoms with van der Waals surface area (Å²) < 4.78 is 5.87. The van der Waals surface area contributed by atoms with Crippen LogP contribution in [0.3, 0.4) is 0 Å². The number of hydrogen-bond acceptors (Lipinski definition) is 4. The summed E-state index contributed by atoms with van der Waals surface area (Å²) in [6.45, 7) is 0. The Bertz CT molecular complexity index is 638. The molecule has 0 spiro atoms. The highest BCUT2D eigenvalue weighted by molar-refractivity contribution is 7.13. The van der Waals surface area contributed by atoms with Crippen LogP contribution in [0.25, 0.3) is 0 Å². The molecular formula is C15H12N2OS. The molecular weight excluding hydrogens is 256 g/mol. The SMILES string of the molecule is c1ccc(Oc2ccccc2Nc2nccs2)cc1. The highest BCUT2D eigenvalue weighted by Gasteiger charge is 2.05. The van der Waals surface area contributed by atoms with E-state index in [9.17, 15) is 0 Å². The van der Waals surface area contributed by atoms with Crippen molar-refractivity contribution in [2.24, 2.45) is 0 Å². The summed E-state index contributed by atoms with van der Waals surface area (Å²) in [6.07, 6.45) is 1.77. The zero-order chi connectivity index (χ0) is 12.9. The maximum absolute atomic E-state index is 5.87. The Balaban J connectivity index is 1.85. The van der Waals surface area contributed by atoms with Crippen molar-refractivity contribution in [3.63, 3.8) is 0 Å². The van der Waals surface area contributed by atoms with Crippen LogP contribution in [-0.4, -0.2) is 4.98 Å². The standard InChI is InChI=1S/C15H12N2OS/c1-2-6-12(7-3-1)18-14-9-5-4-8-13(14)17-15-16-10-11-19-15/h1-11H,(H,16,17). The van der Waals surface area contributed by atoms with Crippen LogP contribution >= 0.6 is 11.3 Å². The Morgan fingerprint density at radius 1 is 0.947 bits per heavy atom. The van der Waals surface area contributed by atoms with Gasteiger partial charge in [-0.25, -0.2) is 4.98 Å². The van der Waals surface area contributed by atoms with Gasteiger partial charge in [-0.15, -0.1) is 11.3 Å². The average molecular weight is 268 g/mol. The molecule has 1 heterocycles. The number of nitrogens with one attached hydrogen (secondary N) is 1. The van der Waals surface area contributed by atoms with Gasteiger partial charge < -0.3 is 10.1 Å². The van der Waals surface area contributed by atoms with Gasteiger partial charge in [0.15, 0.2) is 10.9 Å². The first-order chi connectivity index (χ1) is 9.42. The Morgan fingerprint density at radius 3 is 2.53 bits per heavy atom. The lowest BCUT2D eigenvalue weighted by atomic mass is 10.3. The minimum absolute atomic E-state index is 0.781. The minimum atomic E-state index is 0.781. The minimum Gasteiger partial charge on any atom is -0.455 e. The molecule has 2 aromatic carbocycles. The normalized spacial score (nSPS) is 10.1. The lowest BCUT2D eigenvalue weighted by Crippen LogP contribution is -1.93. The highest BCUT2D eigenvalue weighted by Crippen LogP contribution is 2.31. The van der Waals surface area contributed by atoms with E-state index in [1.165, 1.54) is 0 Å². The van der Waals surface area contributed by atoms with E-state index in [1.54, 1.807) is 17.5 Å². The zero-order valence-corrected chi connectivity index (χ0v) is 10.9. The van der Waals surface area contributed by atoms with Crippen LogP contribution in [0.15, 0.2) is 66.2 Å². The van der Waals surface area contributed by atoms with Crippen LogP contribution in [0, 0.1) is 0 Å². The van der Waals surface area contributed by atoms with E-state index in [0.717, 1.165) is 22.3 Å². The molecule has 0 aliphatic carbocycles. The molecule has 0 aliphatic heterocycles. The van der Waals surface area contributed by atoms with Crippen LogP contribution in [0.5, 0.6) is 11.5 Å². The third-order valence-corrected chi connectivity index (χ3v) is 3.22. The van der Waals surface area contributed by atoms with Gasteiger partial charge in [-0.05, 0) is 24.3 Å². The van der Waals surface area contributed by atoms with Gasteiger partial charge in [0.2, 0.25) is 0 Å². The molecule has 19 heavy (non-hydrogen) atoms. The number of para-hydroxylation sites is 3. The van der Waals surface area contributed by atoms with Crippen molar-refractivity contribution in [1.82, 2.24) is 4.98 Å². The van der Waals surface area contributed by atoms with Crippen LogP contribution in [0.2, 0.25) is 0 Å². The van der Waals surface area contributed by atoms with Gasteiger partial charge in [-0.3, -0.25) is 0 Å². The topological polar surface area (TPSA) is 34.1 Å². The molecule has 0 saturated heterocycles. The Morgan fingerprint density at radius 2 is 1.74 bits per heavy atom. The summed E-state index contributed by atoms with van der Waals surface area (Å²) in [7, 11) is 0. The number of ether oxygens (including phenoxy) is 1. The van der Waals surface area contributed by atoms with Gasteiger partial charge in [0, 0.05) is 11.6 Å². The first kappa shape index (κ1) is 11.7. The lowest BCUT2D eigenvalue weighted by molar-refractivity contribution is 0.485. The van der Waals surface area contributed by atoms with Gasteiger partial charge in [-0.2, -0.15) is 0 Å². The largest absolute Gasteiger partial charge is 0.455 e. The Hall–Kier alpha value is -2.33. The van der Waals surface area contributed by atoms with Crippen molar-refractivity contribution >= 4 is 22.2 Å². The molecule has 94 valence electrons. The summed E-state index contributed by atoms with van der Waals surface area (Å²) in [5, 5.41) is 6.04. The molecule has 4 heteroatoms. The first-order valence-electron chi connectivity index (χ1n) is 5.90. The van der Waals surface area contributed by atoms with E-state index >= 15 is 0 Å². The number of thiazole rings is 1. The van der Waals surface area contributed by atoms with E-state index in [1.807, 2.05) is 60.0 Å². The van der Waals surface area contributed by atoms with Gasteiger partial charge in [0.1, 0.15) is 5.75 Å². The monoisotopic (exact) mass is 268 g/mol. The fourth-order valence-corrected chi connectivity index (χ4v) is 2.22. The lowest BCUT2D eigenvalue weighted by Gasteiger charge is -2.11. The van der Waals surface area contributed by atoms with E-state index < -0.39 is 0 Å². The molecule has 0 saturated carbocycles. The molecule has 0 aliphatic rings. The molecule has 3 aromatic rings. The van der Waals surface area contributed by atoms with Gasteiger partial charge in [-0.1, -0.05) is 30.3 Å². The van der Waals surface area contributed by atoms with Crippen molar-refractivity contribution in [2.75, 3.05) is 5.32 Å². The number of hydrogen-bond donors (Lipinski definition) is 1. The Kier molecular flexibility index (Phi) is 3.42. The number of anilines is 2. The van der Waals surface area contributed by atoms with E-state index in [2.05, 4.69) is 10.3 Å². The third kappa shape index (κ3) is 2.92. The number of aromatic nitrogens is 1. The van der Waals surface area contributed by atoms with Crippen molar-refractivity contribution < 1.29 is 4.74 Å². The molecule has 0 fully saturated rings. The summed E-state index contributed by atoms with van der Waals surface area (Å²) >= 11 is 1.55. The van der Waals surface area contributed by atoms with Gasteiger partial charge in [0.25, 0.3) is 0 Å². The highest BCUT2D eigenvalue weighted by atomic mass is 32.1. The summed E-state index contributed by atoms with van der Waals surface area (Å²) in [5.74, 6) is 1.60. The molecule has 0 atom stereocenters. The second-order valence-electron chi connectivity index (χ2n) is 3.87. The molecule has 1 N–H and O–H groups in total. The van der Waals surface area contributed by atoms with Crippen molar-refractivity contribution in [2.45, 2.75) is 0 Å². The van der Waals surface area contributed by atoms with E-state index in [-0.39, 0.29) is 0 Å².